The summed E-state index contributed by atoms with van der Waals surface area (Å²) in [4.78, 5) is 0.919. The summed E-state index contributed by atoms with van der Waals surface area (Å²) in [6.07, 6.45) is 0. The standard InChI is InChI=1S/C9H13NS/c1-6(2)7-4-3-5-8(10)9(7)11/h3-6,11H,10H2,1-2H3. The van der Waals surface area contributed by atoms with Crippen molar-refractivity contribution < 1.29 is 0 Å². The summed E-state index contributed by atoms with van der Waals surface area (Å²) >= 11 is 4.33. The molecular weight excluding hydrogens is 154 g/mol. The number of anilines is 1. The fourth-order valence-corrected chi connectivity index (χ4v) is 1.45. The number of benzene rings is 1. The predicted molar refractivity (Wildman–Crippen MR) is 52.2 cm³/mol. The molecule has 0 amide bonds. The fourth-order valence-electron chi connectivity index (χ4n) is 1.05. The van der Waals surface area contributed by atoms with Gasteiger partial charge in [-0.2, -0.15) is 0 Å². The molecule has 0 aliphatic carbocycles. The first-order valence-corrected chi connectivity index (χ1v) is 4.15. The number of hydrogen-bond acceptors (Lipinski definition) is 2. The first-order chi connectivity index (χ1) is 5.13. The molecule has 0 atom stereocenters. The highest BCUT2D eigenvalue weighted by Gasteiger charge is 2.04. The average molecular weight is 167 g/mol. The highest BCUT2D eigenvalue weighted by molar-refractivity contribution is 7.80. The van der Waals surface area contributed by atoms with E-state index in [1.54, 1.807) is 0 Å². The van der Waals surface area contributed by atoms with Crippen molar-refractivity contribution in [3.05, 3.63) is 23.8 Å². The maximum Gasteiger partial charge on any atom is 0.0452 e. The SMILES string of the molecule is CC(C)c1cccc(N)c1S. The Balaban J connectivity index is 3.17. The van der Waals surface area contributed by atoms with E-state index < -0.39 is 0 Å². The topological polar surface area (TPSA) is 26.0 Å². The summed E-state index contributed by atoms with van der Waals surface area (Å²) in [5, 5.41) is 0. The van der Waals surface area contributed by atoms with Crippen LogP contribution >= 0.6 is 12.6 Å². The van der Waals surface area contributed by atoms with E-state index in [4.69, 9.17) is 5.73 Å². The predicted octanol–water partition coefficient (Wildman–Crippen LogP) is 2.68. The molecule has 0 aliphatic heterocycles. The maximum atomic E-state index is 5.68. The second kappa shape index (κ2) is 3.18. The zero-order valence-electron chi connectivity index (χ0n) is 6.83. The molecule has 0 fully saturated rings. The molecule has 0 saturated heterocycles. The average Bonchev–Trinajstić information content (AvgIpc) is 1.94. The Bertz CT molecular complexity index is 256. The molecule has 11 heavy (non-hydrogen) atoms. The lowest BCUT2D eigenvalue weighted by atomic mass is 10.0. The van der Waals surface area contributed by atoms with Crippen molar-refractivity contribution in [1.82, 2.24) is 0 Å². The van der Waals surface area contributed by atoms with E-state index in [0.29, 0.717) is 5.92 Å². The van der Waals surface area contributed by atoms with Gasteiger partial charge in [0.05, 0.1) is 0 Å². The molecule has 2 heteroatoms. The smallest absolute Gasteiger partial charge is 0.0452 e. The molecule has 1 aromatic rings. The minimum absolute atomic E-state index is 0.492. The minimum Gasteiger partial charge on any atom is -0.398 e. The Morgan fingerprint density at radius 3 is 2.45 bits per heavy atom. The molecule has 0 aliphatic rings. The van der Waals surface area contributed by atoms with Crippen molar-refractivity contribution in [3.63, 3.8) is 0 Å². The molecule has 0 aromatic heterocycles. The third-order valence-corrected chi connectivity index (χ3v) is 2.24. The van der Waals surface area contributed by atoms with Crippen LogP contribution in [-0.2, 0) is 0 Å². The van der Waals surface area contributed by atoms with Crippen molar-refractivity contribution in [3.8, 4) is 0 Å². The van der Waals surface area contributed by atoms with Crippen LogP contribution in [0.2, 0.25) is 0 Å². The highest BCUT2D eigenvalue weighted by atomic mass is 32.1. The quantitative estimate of drug-likeness (QED) is 0.488. The summed E-state index contributed by atoms with van der Waals surface area (Å²) in [5.74, 6) is 0.492. The zero-order valence-corrected chi connectivity index (χ0v) is 7.73. The van der Waals surface area contributed by atoms with Gasteiger partial charge < -0.3 is 5.73 Å². The van der Waals surface area contributed by atoms with Gasteiger partial charge in [-0.15, -0.1) is 12.6 Å². The van der Waals surface area contributed by atoms with Crippen LogP contribution in [0.5, 0.6) is 0 Å². The van der Waals surface area contributed by atoms with Gasteiger partial charge in [-0.25, -0.2) is 0 Å². The van der Waals surface area contributed by atoms with Crippen LogP contribution in [0.4, 0.5) is 5.69 Å². The first kappa shape index (κ1) is 8.47. The molecule has 1 aromatic carbocycles. The fraction of sp³-hybridized carbons (Fsp3) is 0.333. The van der Waals surface area contributed by atoms with Gasteiger partial charge in [0.2, 0.25) is 0 Å². The Kier molecular flexibility index (Phi) is 2.45. The van der Waals surface area contributed by atoms with E-state index in [9.17, 15) is 0 Å². The summed E-state index contributed by atoms with van der Waals surface area (Å²) in [6, 6.07) is 5.89. The molecule has 0 bridgehead atoms. The summed E-state index contributed by atoms with van der Waals surface area (Å²) in [7, 11) is 0. The second-order valence-corrected chi connectivity index (χ2v) is 3.39. The first-order valence-electron chi connectivity index (χ1n) is 3.70. The van der Waals surface area contributed by atoms with Gasteiger partial charge >= 0.3 is 0 Å². The van der Waals surface area contributed by atoms with E-state index in [1.165, 1.54) is 5.56 Å². The summed E-state index contributed by atoms with van der Waals surface area (Å²) in [5.41, 5.74) is 7.66. The van der Waals surface area contributed by atoms with E-state index in [0.717, 1.165) is 10.6 Å². The molecular formula is C9H13NS. The number of rotatable bonds is 1. The van der Waals surface area contributed by atoms with Gasteiger partial charge in [-0.3, -0.25) is 0 Å². The second-order valence-electron chi connectivity index (χ2n) is 2.94. The molecule has 1 rings (SSSR count). The summed E-state index contributed by atoms with van der Waals surface area (Å²) < 4.78 is 0. The lowest BCUT2D eigenvalue weighted by Crippen LogP contribution is -1.94. The van der Waals surface area contributed by atoms with E-state index >= 15 is 0 Å². The molecule has 60 valence electrons. The van der Waals surface area contributed by atoms with E-state index in [2.05, 4.69) is 32.5 Å². The van der Waals surface area contributed by atoms with Gasteiger partial charge in [0.15, 0.2) is 0 Å². The molecule has 0 saturated carbocycles. The molecule has 2 N–H and O–H groups in total. The van der Waals surface area contributed by atoms with Gasteiger partial charge in [0, 0.05) is 10.6 Å². The van der Waals surface area contributed by atoms with Crippen LogP contribution in [0.1, 0.15) is 25.3 Å². The highest BCUT2D eigenvalue weighted by Crippen LogP contribution is 2.26. The number of hydrogen-bond donors (Lipinski definition) is 2. The molecule has 0 radical (unpaired) electrons. The summed E-state index contributed by atoms with van der Waals surface area (Å²) in [6.45, 7) is 4.27. The van der Waals surface area contributed by atoms with Crippen molar-refractivity contribution in [2.45, 2.75) is 24.7 Å². The van der Waals surface area contributed by atoms with Gasteiger partial charge in [-0.05, 0) is 17.5 Å². The minimum atomic E-state index is 0.492. The third kappa shape index (κ3) is 1.69. The van der Waals surface area contributed by atoms with Crippen LogP contribution in [0.25, 0.3) is 0 Å². The normalized spacial score (nSPS) is 10.5. The van der Waals surface area contributed by atoms with Crippen molar-refractivity contribution >= 4 is 18.3 Å². The van der Waals surface area contributed by atoms with Crippen LogP contribution in [0.15, 0.2) is 23.1 Å². The maximum absolute atomic E-state index is 5.68. The Labute approximate surface area is 73.0 Å². The van der Waals surface area contributed by atoms with Crippen LogP contribution in [-0.4, -0.2) is 0 Å². The van der Waals surface area contributed by atoms with Gasteiger partial charge in [-0.1, -0.05) is 26.0 Å². The Morgan fingerprint density at radius 2 is 2.00 bits per heavy atom. The number of nitrogens with two attached hydrogens (primary N) is 1. The van der Waals surface area contributed by atoms with Gasteiger partial charge in [0.25, 0.3) is 0 Å². The molecule has 0 spiro atoms. The van der Waals surface area contributed by atoms with E-state index in [-0.39, 0.29) is 0 Å². The number of nitrogen functional groups attached to an aromatic ring is 1. The molecule has 0 heterocycles. The number of thiol groups is 1. The Morgan fingerprint density at radius 1 is 1.36 bits per heavy atom. The van der Waals surface area contributed by atoms with Crippen LogP contribution in [0.3, 0.4) is 0 Å². The monoisotopic (exact) mass is 167 g/mol. The zero-order chi connectivity index (χ0) is 8.43. The largest absolute Gasteiger partial charge is 0.398 e. The third-order valence-electron chi connectivity index (χ3n) is 1.72. The van der Waals surface area contributed by atoms with Crippen LogP contribution < -0.4 is 5.73 Å². The van der Waals surface area contributed by atoms with E-state index in [1.807, 2.05) is 12.1 Å². The van der Waals surface area contributed by atoms with Crippen molar-refractivity contribution in [2.75, 3.05) is 5.73 Å². The van der Waals surface area contributed by atoms with Crippen LogP contribution in [0, 0.1) is 0 Å². The lowest BCUT2D eigenvalue weighted by Gasteiger charge is -2.09. The lowest BCUT2D eigenvalue weighted by molar-refractivity contribution is 0.844. The Hall–Kier alpha value is -0.630. The van der Waals surface area contributed by atoms with Gasteiger partial charge in [0.1, 0.15) is 0 Å². The van der Waals surface area contributed by atoms with Crippen molar-refractivity contribution in [1.29, 1.82) is 0 Å². The van der Waals surface area contributed by atoms with Crippen molar-refractivity contribution in [2.24, 2.45) is 0 Å². The molecule has 0 unspecified atom stereocenters. The molecule has 1 nitrogen and oxygen atoms in total.